The molecule has 2 fully saturated rings. The standard InChI is InChI=1S/C24H33O18P/c1-9-17(19(36-12(4)27)22(39-15(7)30)24(34-9)42-43(31)32)41-23-21(38-14(6)29)20(37-13(5)28)18(35-11(3)26)16(40-23)8-33-10(2)25/h9,16-24H,8H2,1-7H3/t9-,16-,17-,18+,19+,20+,21-,22+,23+,24-/m1/s1. The summed E-state index contributed by atoms with van der Waals surface area (Å²) in [4.78, 5) is 83.0. The molecule has 2 aliphatic rings. The van der Waals surface area contributed by atoms with Crippen molar-refractivity contribution in [2.75, 3.05) is 6.61 Å². The lowest BCUT2D eigenvalue weighted by Crippen LogP contribution is -2.66. The van der Waals surface area contributed by atoms with Crippen molar-refractivity contribution in [1.29, 1.82) is 0 Å². The van der Waals surface area contributed by atoms with Crippen LogP contribution in [0.2, 0.25) is 0 Å². The van der Waals surface area contributed by atoms with Gasteiger partial charge in [0.15, 0.2) is 36.8 Å². The molecule has 11 atom stereocenters. The average Bonchev–Trinajstić information content (AvgIpc) is 2.84. The number of rotatable bonds is 11. The average molecular weight is 640 g/mol. The number of ether oxygens (including phenoxy) is 9. The fourth-order valence-corrected chi connectivity index (χ4v) is 4.77. The second-order valence-corrected chi connectivity index (χ2v) is 10.0. The first-order chi connectivity index (χ1) is 20.0. The quantitative estimate of drug-likeness (QED) is 0.151. The Balaban J connectivity index is 2.61. The topological polar surface area (TPSA) is 235 Å². The minimum absolute atomic E-state index is 0.551. The van der Waals surface area contributed by atoms with Crippen LogP contribution < -0.4 is 4.89 Å². The van der Waals surface area contributed by atoms with Crippen molar-refractivity contribution in [1.82, 2.24) is 0 Å². The van der Waals surface area contributed by atoms with Gasteiger partial charge < -0.3 is 47.5 Å². The predicted octanol–water partition coefficient (Wildman–Crippen LogP) is -0.903. The Morgan fingerprint density at radius 3 is 1.47 bits per heavy atom. The Labute approximate surface area is 246 Å². The highest BCUT2D eigenvalue weighted by molar-refractivity contribution is 7.30. The van der Waals surface area contributed by atoms with E-state index < -0.39 is 112 Å². The Bertz CT molecular complexity index is 1080. The highest BCUT2D eigenvalue weighted by Crippen LogP contribution is 2.36. The smallest absolute Gasteiger partial charge is 0.491 e. The molecule has 0 spiro atoms. The maximum atomic E-state index is 12.1. The minimum atomic E-state index is -3.54. The second kappa shape index (κ2) is 16.0. The molecule has 19 heteroatoms. The van der Waals surface area contributed by atoms with Crippen LogP contribution in [0.3, 0.4) is 0 Å². The highest BCUT2D eigenvalue weighted by atomic mass is 31.1. The molecule has 2 rings (SSSR count). The van der Waals surface area contributed by atoms with Gasteiger partial charge in [0.2, 0.25) is 0 Å². The Morgan fingerprint density at radius 2 is 1.02 bits per heavy atom. The van der Waals surface area contributed by atoms with Crippen LogP contribution in [0.15, 0.2) is 0 Å². The van der Waals surface area contributed by atoms with E-state index in [1.54, 1.807) is 0 Å². The van der Waals surface area contributed by atoms with E-state index in [2.05, 4.69) is 0 Å². The molecule has 1 unspecified atom stereocenters. The lowest BCUT2D eigenvalue weighted by atomic mass is 9.96. The molecule has 0 aliphatic carbocycles. The molecule has 0 saturated carbocycles. The summed E-state index contributed by atoms with van der Waals surface area (Å²) in [6.07, 6.45) is -15.5. The molecule has 2 saturated heterocycles. The van der Waals surface area contributed by atoms with Crippen LogP contribution in [0.5, 0.6) is 0 Å². The number of esters is 6. The summed E-state index contributed by atoms with van der Waals surface area (Å²) in [5.74, 6) is -5.23. The summed E-state index contributed by atoms with van der Waals surface area (Å²) < 4.78 is 65.2. The maximum absolute atomic E-state index is 12.1. The minimum Gasteiger partial charge on any atom is -0.566 e. The molecule has 2 heterocycles. The molecule has 0 aromatic heterocycles. The Kier molecular flexibility index (Phi) is 13.3. The van der Waals surface area contributed by atoms with Gasteiger partial charge in [0.05, 0.1) is 6.10 Å². The molecule has 18 nitrogen and oxygen atoms in total. The number of hydrogen-bond acceptors (Lipinski definition) is 18. The van der Waals surface area contributed by atoms with Gasteiger partial charge in [-0.1, -0.05) is 0 Å². The third-order valence-electron chi connectivity index (χ3n) is 5.76. The van der Waals surface area contributed by atoms with Gasteiger partial charge in [0.1, 0.15) is 18.8 Å². The van der Waals surface area contributed by atoms with Crippen molar-refractivity contribution in [3.63, 3.8) is 0 Å². The van der Waals surface area contributed by atoms with Gasteiger partial charge >= 0.3 is 44.1 Å². The van der Waals surface area contributed by atoms with Crippen molar-refractivity contribution in [2.45, 2.75) is 110 Å². The van der Waals surface area contributed by atoms with Crippen molar-refractivity contribution < 1.29 is 85.4 Å². The Hall–Kier alpha value is -3.28. The Morgan fingerprint density at radius 1 is 0.605 bits per heavy atom. The van der Waals surface area contributed by atoms with Crippen molar-refractivity contribution >= 4 is 44.1 Å². The van der Waals surface area contributed by atoms with E-state index in [1.165, 1.54) is 6.92 Å². The molecule has 2 aliphatic heterocycles. The normalized spacial score (nSPS) is 32.4. The molecule has 43 heavy (non-hydrogen) atoms. The van der Waals surface area contributed by atoms with Gasteiger partial charge in [-0.05, 0) is 11.5 Å². The first-order valence-corrected chi connectivity index (χ1v) is 13.9. The number of carbonyl (C=O) groups is 6. The van der Waals surface area contributed by atoms with E-state index in [0.717, 1.165) is 41.5 Å². The summed E-state index contributed by atoms with van der Waals surface area (Å²) in [7, 11) is -3.54. The molecule has 0 bridgehead atoms. The van der Waals surface area contributed by atoms with Gasteiger partial charge in [-0.25, -0.2) is 0 Å². The molecule has 0 radical (unpaired) electrons. The SMILES string of the molecule is CC(=O)OC[C@H]1O[C@@H](O[C@H]2[C@H](OC(C)=O)[C@H](OC(C)=O)[C@@H](O[P+](=O)[O-])O[C@@H]2C)[C@H](OC(C)=O)[C@@H](OC(C)=O)[C@H]1OC(C)=O. The molecule has 0 amide bonds. The van der Waals surface area contributed by atoms with Gasteiger partial charge in [-0.2, -0.15) is 0 Å². The molecule has 0 N–H and O–H groups in total. The van der Waals surface area contributed by atoms with Crippen LogP contribution in [0.25, 0.3) is 0 Å². The molecule has 242 valence electrons. The second-order valence-electron chi connectivity index (χ2n) is 9.36. The van der Waals surface area contributed by atoms with Crippen LogP contribution in [0.1, 0.15) is 48.5 Å². The monoisotopic (exact) mass is 640 g/mol. The zero-order valence-corrected chi connectivity index (χ0v) is 25.2. The van der Waals surface area contributed by atoms with Gasteiger partial charge in [-0.15, -0.1) is 4.52 Å². The van der Waals surface area contributed by atoms with Gasteiger partial charge in [0, 0.05) is 41.5 Å². The summed E-state index contributed by atoms with van der Waals surface area (Å²) in [6.45, 7) is 7.01. The van der Waals surface area contributed by atoms with Crippen molar-refractivity contribution in [2.24, 2.45) is 0 Å². The van der Waals surface area contributed by atoms with Crippen LogP contribution in [0.4, 0.5) is 0 Å². The molecular formula is C24H33O18P. The van der Waals surface area contributed by atoms with E-state index in [9.17, 15) is 38.2 Å². The van der Waals surface area contributed by atoms with Crippen LogP contribution in [-0.2, 0) is 80.5 Å². The van der Waals surface area contributed by atoms with E-state index in [0.29, 0.717) is 0 Å². The summed E-state index contributed by atoms with van der Waals surface area (Å²) in [6, 6.07) is 0. The van der Waals surface area contributed by atoms with E-state index >= 15 is 0 Å². The lowest BCUT2D eigenvalue weighted by Gasteiger charge is -2.47. The third kappa shape index (κ3) is 10.7. The predicted molar refractivity (Wildman–Crippen MR) is 131 cm³/mol. The maximum Gasteiger partial charge on any atom is 0.491 e. The largest absolute Gasteiger partial charge is 0.566 e. The molecule has 0 aromatic rings. The van der Waals surface area contributed by atoms with E-state index in [1.807, 2.05) is 0 Å². The summed E-state index contributed by atoms with van der Waals surface area (Å²) in [5, 5.41) is 0. The van der Waals surface area contributed by atoms with Crippen LogP contribution in [-0.4, -0.2) is 104 Å². The first-order valence-electron chi connectivity index (χ1n) is 12.8. The fraction of sp³-hybridized carbons (Fsp3) is 0.750. The third-order valence-corrected chi connectivity index (χ3v) is 6.14. The molecular weight excluding hydrogens is 607 g/mol. The van der Waals surface area contributed by atoms with E-state index in [4.69, 9.17) is 47.2 Å². The van der Waals surface area contributed by atoms with E-state index in [-0.39, 0.29) is 0 Å². The first kappa shape index (κ1) is 35.9. The lowest BCUT2D eigenvalue weighted by molar-refractivity contribution is -0.353. The zero-order valence-electron chi connectivity index (χ0n) is 24.3. The number of carbonyl (C=O) groups excluding carboxylic acids is 6. The van der Waals surface area contributed by atoms with Crippen molar-refractivity contribution in [3.8, 4) is 0 Å². The van der Waals surface area contributed by atoms with Gasteiger partial charge in [0.25, 0.3) is 6.29 Å². The van der Waals surface area contributed by atoms with Crippen molar-refractivity contribution in [3.05, 3.63) is 0 Å². The van der Waals surface area contributed by atoms with Crippen LogP contribution >= 0.6 is 8.25 Å². The molecule has 0 aromatic carbocycles. The number of hydrogen-bond donors (Lipinski definition) is 0. The fourth-order valence-electron chi connectivity index (χ4n) is 4.43. The summed E-state index contributed by atoms with van der Waals surface area (Å²) in [5.41, 5.74) is 0. The summed E-state index contributed by atoms with van der Waals surface area (Å²) >= 11 is 0. The zero-order chi connectivity index (χ0) is 32.6. The van der Waals surface area contributed by atoms with Crippen LogP contribution in [0, 0.1) is 0 Å². The highest BCUT2D eigenvalue weighted by Gasteiger charge is 2.57. The van der Waals surface area contributed by atoms with Gasteiger partial charge in [-0.3, -0.25) is 28.8 Å².